The number of allylic oxidation sites excluding steroid dienone is 3. The van der Waals surface area contributed by atoms with Crippen LogP contribution in [0.3, 0.4) is 0 Å². The summed E-state index contributed by atoms with van der Waals surface area (Å²) in [4.78, 5) is 0. The number of nitrogens with one attached hydrogen (secondary N) is 1. The summed E-state index contributed by atoms with van der Waals surface area (Å²) in [6, 6.07) is 0. The van der Waals surface area contributed by atoms with Crippen LogP contribution >= 0.6 is 0 Å². The van der Waals surface area contributed by atoms with Crippen LogP contribution < -0.4 is 5.32 Å². The minimum Gasteiger partial charge on any atom is -0.310 e. The Labute approximate surface area is 82.2 Å². The largest absolute Gasteiger partial charge is 0.310 e. The van der Waals surface area contributed by atoms with Crippen LogP contribution in [0.1, 0.15) is 20.8 Å². The lowest BCUT2D eigenvalue weighted by Gasteiger charge is -1.97. The SMILES string of the molecule is C=CCNC/C=C/C(C)=C/C(C)C. The van der Waals surface area contributed by atoms with Crippen molar-refractivity contribution < 1.29 is 0 Å². The molecule has 0 atom stereocenters. The van der Waals surface area contributed by atoms with E-state index in [9.17, 15) is 0 Å². The van der Waals surface area contributed by atoms with Gasteiger partial charge >= 0.3 is 0 Å². The molecule has 0 aliphatic heterocycles. The van der Waals surface area contributed by atoms with Gasteiger partial charge in [-0.2, -0.15) is 0 Å². The van der Waals surface area contributed by atoms with Crippen LogP contribution in [0.4, 0.5) is 0 Å². The molecule has 0 rings (SSSR count). The Morgan fingerprint density at radius 2 is 2.08 bits per heavy atom. The number of rotatable bonds is 6. The Balaban J connectivity index is 3.64. The monoisotopic (exact) mass is 179 g/mol. The first-order chi connectivity index (χ1) is 6.16. The third-order valence-electron chi connectivity index (χ3n) is 1.53. The maximum atomic E-state index is 3.63. The Bertz CT molecular complexity index is 187. The second-order valence-corrected chi connectivity index (χ2v) is 3.50. The van der Waals surface area contributed by atoms with Gasteiger partial charge in [0, 0.05) is 13.1 Å². The highest BCUT2D eigenvalue weighted by molar-refractivity contribution is 5.16. The smallest absolute Gasteiger partial charge is 0.0141 e. The molecule has 0 aromatic rings. The fraction of sp³-hybridized carbons (Fsp3) is 0.500. The summed E-state index contributed by atoms with van der Waals surface area (Å²) in [6.07, 6.45) is 8.41. The summed E-state index contributed by atoms with van der Waals surface area (Å²) >= 11 is 0. The zero-order valence-corrected chi connectivity index (χ0v) is 9.01. The van der Waals surface area contributed by atoms with Crippen molar-refractivity contribution in [1.82, 2.24) is 5.32 Å². The molecule has 0 amide bonds. The molecule has 0 saturated carbocycles. The topological polar surface area (TPSA) is 12.0 Å². The second-order valence-electron chi connectivity index (χ2n) is 3.50. The minimum atomic E-state index is 0.630. The third kappa shape index (κ3) is 9.09. The van der Waals surface area contributed by atoms with Gasteiger partial charge in [-0.05, 0) is 12.8 Å². The Hall–Kier alpha value is -0.820. The minimum absolute atomic E-state index is 0.630. The fourth-order valence-electron chi connectivity index (χ4n) is 1.09. The van der Waals surface area contributed by atoms with Crippen molar-refractivity contribution in [3.8, 4) is 0 Å². The van der Waals surface area contributed by atoms with Crippen molar-refractivity contribution >= 4 is 0 Å². The van der Waals surface area contributed by atoms with Crippen molar-refractivity contribution in [3.63, 3.8) is 0 Å². The lowest BCUT2D eigenvalue weighted by atomic mass is 10.1. The molecule has 0 unspecified atom stereocenters. The molecule has 1 N–H and O–H groups in total. The molecule has 74 valence electrons. The van der Waals surface area contributed by atoms with Gasteiger partial charge in [0.2, 0.25) is 0 Å². The van der Waals surface area contributed by atoms with Crippen molar-refractivity contribution in [2.24, 2.45) is 5.92 Å². The summed E-state index contributed by atoms with van der Waals surface area (Å²) in [7, 11) is 0. The van der Waals surface area contributed by atoms with Crippen LogP contribution in [-0.4, -0.2) is 13.1 Å². The van der Waals surface area contributed by atoms with Crippen molar-refractivity contribution in [1.29, 1.82) is 0 Å². The molecule has 13 heavy (non-hydrogen) atoms. The van der Waals surface area contributed by atoms with E-state index in [2.05, 4.69) is 50.9 Å². The summed E-state index contributed by atoms with van der Waals surface area (Å²) in [5.74, 6) is 0.630. The van der Waals surface area contributed by atoms with Gasteiger partial charge < -0.3 is 5.32 Å². The van der Waals surface area contributed by atoms with E-state index in [0.717, 1.165) is 13.1 Å². The van der Waals surface area contributed by atoms with E-state index in [1.165, 1.54) is 5.57 Å². The van der Waals surface area contributed by atoms with E-state index in [1.807, 2.05) is 6.08 Å². The first-order valence-corrected chi connectivity index (χ1v) is 4.83. The molecule has 0 radical (unpaired) electrons. The van der Waals surface area contributed by atoms with E-state index in [-0.39, 0.29) is 0 Å². The molecule has 0 spiro atoms. The van der Waals surface area contributed by atoms with Gasteiger partial charge in [-0.3, -0.25) is 0 Å². The number of hydrogen-bond acceptors (Lipinski definition) is 1. The van der Waals surface area contributed by atoms with Gasteiger partial charge in [0.05, 0.1) is 0 Å². The molecular weight excluding hydrogens is 158 g/mol. The van der Waals surface area contributed by atoms with Crippen LogP contribution in [0.15, 0.2) is 36.5 Å². The highest BCUT2D eigenvalue weighted by Gasteiger charge is 1.86. The predicted octanol–water partition coefficient (Wildman–Crippen LogP) is 2.92. The molecule has 0 bridgehead atoms. The highest BCUT2D eigenvalue weighted by Crippen LogP contribution is 2.01. The fourth-order valence-corrected chi connectivity index (χ4v) is 1.09. The van der Waals surface area contributed by atoms with Crippen LogP contribution in [0.25, 0.3) is 0 Å². The van der Waals surface area contributed by atoms with Crippen molar-refractivity contribution in [2.45, 2.75) is 20.8 Å². The summed E-state index contributed by atoms with van der Waals surface area (Å²) in [5, 5.41) is 3.21. The van der Waals surface area contributed by atoms with Gasteiger partial charge in [-0.25, -0.2) is 0 Å². The first kappa shape index (κ1) is 12.2. The average Bonchev–Trinajstić information content (AvgIpc) is 2.02. The van der Waals surface area contributed by atoms with E-state index in [0.29, 0.717) is 5.92 Å². The lowest BCUT2D eigenvalue weighted by molar-refractivity contribution is 0.823. The van der Waals surface area contributed by atoms with Crippen molar-refractivity contribution in [3.05, 3.63) is 36.5 Å². The molecule has 0 aromatic carbocycles. The zero-order chi connectivity index (χ0) is 10.1. The Morgan fingerprint density at radius 3 is 2.62 bits per heavy atom. The van der Waals surface area contributed by atoms with Crippen LogP contribution in [0.2, 0.25) is 0 Å². The lowest BCUT2D eigenvalue weighted by Crippen LogP contribution is -2.12. The molecule has 0 aliphatic rings. The maximum Gasteiger partial charge on any atom is 0.0141 e. The van der Waals surface area contributed by atoms with E-state index in [4.69, 9.17) is 0 Å². The zero-order valence-electron chi connectivity index (χ0n) is 9.01. The predicted molar refractivity (Wildman–Crippen MR) is 60.8 cm³/mol. The summed E-state index contributed by atoms with van der Waals surface area (Å²) < 4.78 is 0. The van der Waals surface area contributed by atoms with E-state index in [1.54, 1.807) is 0 Å². The third-order valence-corrected chi connectivity index (χ3v) is 1.53. The highest BCUT2D eigenvalue weighted by atomic mass is 14.8. The van der Waals surface area contributed by atoms with Gasteiger partial charge in [-0.1, -0.05) is 43.7 Å². The quantitative estimate of drug-likeness (QED) is 0.375. The number of hydrogen-bond donors (Lipinski definition) is 1. The molecule has 1 nitrogen and oxygen atoms in total. The maximum absolute atomic E-state index is 3.63. The van der Waals surface area contributed by atoms with Crippen LogP contribution in [0, 0.1) is 5.92 Å². The van der Waals surface area contributed by atoms with Gasteiger partial charge in [0.25, 0.3) is 0 Å². The molecule has 0 heterocycles. The molecule has 1 heteroatoms. The molecule has 0 fully saturated rings. The molecular formula is C12H21N. The van der Waals surface area contributed by atoms with Crippen molar-refractivity contribution in [2.75, 3.05) is 13.1 Å². The first-order valence-electron chi connectivity index (χ1n) is 4.83. The molecule has 0 aliphatic carbocycles. The summed E-state index contributed by atoms with van der Waals surface area (Å²) in [5.41, 5.74) is 1.33. The molecule has 0 saturated heterocycles. The van der Waals surface area contributed by atoms with Gasteiger partial charge in [0.1, 0.15) is 0 Å². The Kier molecular flexibility index (Phi) is 7.32. The van der Waals surface area contributed by atoms with Crippen LogP contribution in [-0.2, 0) is 0 Å². The Morgan fingerprint density at radius 1 is 1.38 bits per heavy atom. The van der Waals surface area contributed by atoms with Gasteiger partial charge in [0.15, 0.2) is 0 Å². The standard InChI is InChI=1S/C12H21N/c1-5-8-13-9-6-7-12(4)10-11(2)3/h5-7,10-11,13H,1,8-9H2,2-4H3/b7-6+,12-10+. The van der Waals surface area contributed by atoms with Gasteiger partial charge in [-0.15, -0.1) is 6.58 Å². The van der Waals surface area contributed by atoms with E-state index >= 15 is 0 Å². The van der Waals surface area contributed by atoms with E-state index < -0.39 is 0 Å². The normalized spacial score (nSPS) is 12.8. The summed E-state index contributed by atoms with van der Waals surface area (Å²) in [6.45, 7) is 11.9. The molecule has 0 aromatic heterocycles. The average molecular weight is 179 g/mol. The second kappa shape index (κ2) is 7.81. The van der Waals surface area contributed by atoms with Crippen LogP contribution in [0.5, 0.6) is 0 Å².